The zero-order valence-corrected chi connectivity index (χ0v) is 8.87. The molecule has 0 aliphatic carbocycles. The predicted molar refractivity (Wildman–Crippen MR) is 52.8 cm³/mol. The Labute approximate surface area is 83.7 Å². The fourth-order valence-electron chi connectivity index (χ4n) is 1.17. The van der Waals surface area contributed by atoms with Gasteiger partial charge in [-0.05, 0) is 15.9 Å². The number of methoxy groups -OCH3 is 1. The summed E-state index contributed by atoms with van der Waals surface area (Å²) < 4.78 is 7.53. The molecular weight excluding hydrogens is 234 g/mol. The molecule has 0 aliphatic rings. The van der Waals surface area contributed by atoms with Crippen molar-refractivity contribution in [2.75, 3.05) is 7.11 Å². The first-order valence-electron chi connectivity index (χ1n) is 3.74. The van der Waals surface area contributed by atoms with Gasteiger partial charge in [-0.25, -0.2) is 4.98 Å². The molecule has 13 heavy (non-hydrogen) atoms. The second kappa shape index (κ2) is 2.99. The van der Waals surface area contributed by atoms with Crippen LogP contribution in [0.1, 0.15) is 0 Å². The summed E-state index contributed by atoms with van der Waals surface area (Å²) >= 11 is 3.31. The Morgan fingerprint density at radius 1 is 1.46 bits per heavy atom. The normalized spacial score (nSPS) is 10.7. The number of rotatable bonds is 1. The van der Waals surface area contributed by atoms with E-state index in [0.717, 1.165) is 11.0 Å². The Morgan fingerprint density at radius 3 is 2.92 bits per heavy atom. The number of aromatic nitrogens is 3. The maximum absolute atomic E-state index is 5.10. The Kier molecular flexibility index (Phi) is 1.95. The predicted octanol–water partition coefficient (Wildman–Crippen LogP) is 1.74. The molecule has 0 radical (unpaired) electrons. The summed E-state index contributed by atoms with van der Waals surface area (Å²) in [5, 5.41) is 4.22. The smallest absolute Gasteiger partial charge is 0.153 e. The molecule has 0 N–H and O–H groups in total. The molecule has 0 bridgehead atoms. The van der Waals surface area contributed by atoms with Gasteiger partial charge in [0.15, 0.2) is 5.75 Å². The van der Waals surface area contributed by atoms with E-state index < -0.39 is 0 Å². The minimum absolute atomic E-state index is 0.700. The van der Waals surface area contributed by atoms with Gasteiger partial charge in [-0.2, -0.15) is 5.10 Å². The van der Waals surface area contributed by atoms with E-state index in [2.05, 4.69) is 26.0 Å². The second-order valence-corrected chi connectivity index (χ2v) is 3.44. The van der Waals surface area contributed by atoms with E-state index in [0.29, 0.717) is 10.4 Å². The van der Waals surface area contributed by atoms with Crippen molar-refractivity contribution in [3.05, 3.63) is 16.9 Å². The first kappa shape index (κ1) is 8.50. The van der Waals surface area contributed by atoms with Crippen molar-refractivity contribution in [1.82, 2.24) is 14.8 Å². The van der Waals surface area contributed by atoms with Gasteiger partial charge in [0, 0.05) is 13.1 Å². The average molecular weight is 242 g/mol. The monoisotopic (exact) mass is 241 g/mol. The van der Waals surface area contributed by atoms with Crippen LogP contribution < -0.4 is 4.74 Å². The van der Waals surface area contributed by atoms with Crippen LogP contribution in [0.3, 0.4) is 0 Å². The molecule has 0 spiro atoms. The van der Waals surface area contributed by atoms with Crippen molar-refractivity contribution in [3.63, 3.8) is 0 Å². The van der Waals surface area contributed by atoms with Crippen molar-refractivity contribution in [3.8, 4) is 5.75 Å². The number of aryl methyl sites for hydroxylation is 1. The van der Waals surface area contributed by atoms with Crippen molar-refractivity contribution in [2.24, 2.45) is 7.05 Å². The van der Waals surface area contributed by atoms with E-state index in [1.807, 2.05) is 19.3 Å². The highest BCUT2D eigenvalue weighted by molar-refractivity contribution is 9.10. The summed E-state index contributed by atoms with van der Waals surface area (Å²) in [5.41, 5.74) is 1.69. The number of fused-ring (bicyclic) bond motifs is 1. The zero-order chi connectivity index (χ0) is 9.42. The molecule has 0 fully saturated rings. The van der Waals surface area contributed by atoms with E-state index in [1.165, 1.54) is 0 Å². The van der Waals surface area contributed by atoms with Crippen LogP contribution in [0.4, 0.5) is 0 Å². The van der Waals surface area contributed by atoms with Crippen LogP contribution in [0.15, 0.2) is 16.9 Å². The first-order chi connectivity index (χ1) is 6.20. The van der Waals surface area contributed by atoms with Gasteiger partial charge in [0.1, 0.15) is 15.6 Å². The Bertz CT molecular complexity index is 452. The molecule has 0 saturated heterocycles. The van der Waals surface area contributed by atoms with Gasteiger partial charge in [-0.3, -0.25) is 4.68 Å². The van der Waals surface area contributed by atoms with Gasteiger partial charge < -0.3 is 4.74 Å². The lowest BCUT2D eigenvalue weighted by Crippen LogP contribution is -1.87. The van der Waals surface area contributed by atoms with Crippen LogP contribution >= 0.6 is 15.9 Å². The highest BCUT2D eigenvalue weighted by Crippen LogP contribution is 2.25. The van der Waals surface area contributed by atoms with E-state index in [-0.39, 0.29) is 0 Å². The highest BCUT2D eigenvalue weighted by atomic mass is 79.9. The maximum atomic E-state index is 5.10. The maximum Gasteiger partial charge on any atom is 0.153 e. The first-order valence-corrected chi connectivity index (χ1v) is 4.54. The Hall–Kier alpha value is -1.10. The van der Waals surface area contributed by atoms with Gasteiger partial charge in [0.25, 0.3) is 0 Å². The molecule has 0 aromatic carbocycles. The van der Waals surface area contributed by atoms with Crippen LogP contribution in [0.25, 0.3) is 11.0 Å². The molecule has 2 heterocycles. The Morgan fingerprint density at radius 2 is 2.23 bits per heavy atom. The lowest BCUT2D eigenvalue weighted by molar-refractivity contribution is 0.410. The molecule has 4 nitrogen and oxygen atoms in total. The van der Waals surface area contributed by atoms with Gasteiger partial charge in [-0.1, -0.05) is 0 Å². The molecule has 2 aromatic rings. The standard InChI is InChI=1S/C8H8BrN3O/c1-12-4-6-5(11-12)3-7(13-2)8(9)10-6/h3-4H,1-2H3. The largest absolute Gasteiger partial charge is 0.494 e. The van der Waals surface area contributed by atoms with Gasteiger partial charge in [0.2, 0.25) is 0 Å². The summed E-state index contributed by atoms with van der Waals surface area (Å²) in [4.78, 5) is 4.28. The van der Waals surface area contributed by atoms with Crippen molar-refractivity contribution < 1.29 is 4.74 Å². The molecule has 0 aliphatic heterocycles. The molecule has 2 rings (SSSR count). The SMILES string of the molecule is COc1cc2nn(C)cc2nc1Br. The van der Waals surface area contributed by atoms with E-state index in [4.69, 9.17) is 4.74 Å². The van der Waals surface area contributed by atoms with Crippen LogP contribution in [-0.4, -0.2) is 21.9 Å². The third-order valence-corrected chi connectivity index (χ3v) is 2.31. The van der Waals surface area contributed by atoms with Crippen molar-refractivity contribution >= 4 is 27.0 Å². The lowest BCUT2D eigenvalue weighted by atomic mass is 10.4. The highest BCUT2D eigenvalue weighted by Gasteiger charge is 2.06. The minimum Gasteiger partial charge on any atom is -0.494 e. The summed E-state index contributed by atoms with van der Waals surface area (Å²) in [7, 11) is 3.47. The molecule has 5 heteroatoms. The molecule has 0 saturated carbocycles. The molecule has 0 unspecified atom stereocenters. The van der Waals surface area contributed by atoms with E-state index >= 15 is 0 Å². The molecular formula is C8H8BrN3O. The quantitative estimate of drug-likeness (QED) is 0.715. The average Bonchev–Trinajstić information content (AvgIpc) is 2.42. The van der Waals surface area contributed by atoms with E-state index in [1.54, 1.807) is 11.8 Å². The third-order valence-electron chi connectivity index (χ3n) is 1.75. The lowest BCUT2D eigenvalue weighted by Gasteiger charge is -2.00. The number of hydrogen-bond acceptors (Lipinski definition) is 3. The summed E-state index contributed by atoms with van der Waals surface area (Å²) in [6, 6.07) is 1.85. The fourth-order valence-corrected chi connectivity index (χ4v) is 1.64. The molecule has 0 amide bonds. The van der Waals surface area contributed by atoms with Crippen LogP contribution in [0.2, 0.25) is 0 Å². The number of hydrogen-bond donors (Lipinski definition) is 0. The zero-order valence-electron chi connectivity index (χ0n) is 7.28. The number of nitrogens with zero attached hydrogens (tertiary/aromatic N) is 3. The van der Waals surface area contributed by atoms with Crippen molar-refractivity contribution in [1.29, 1.82) is 0 Å². The van der Waals surface area contributed by atoms with Crippen LogP contribution in [0.5, 0.6) is 5.75 Å². The summed E-state index contributed by atoms with van der Waals surface area (Å²) in [6.07, 6.45) is 1.86. The second-order valence-electron chi connectivity index (χ2n) is 2.69. The number of halogens is 1. The molecule has 2 aromatic heterocycles. The van der Waals surface area contributed by atoms with E-state index in [9.17, 15) is 0 Å². The molecule has 68 valence electrons. The number of ether oxygens (including phenoxy) is 1. The number of pyridine rings is 1. The van der Waals surface area contributed by atoms with Gasteiger partial charge in [0.05, 0.1) is 13.3 Å². The summed E-state index contributed by atoms with van der Waals surface area (Å²) in [5.74, 6) is 0.700. The van der Waals surface area contributed by atoms with Crippen molar-refractivity contribution in [2.45, 2.75) is 0 Å². The van der Waals surface area contributed by atoms with Crippen LogP contribution in [-0.2, 0) is 7.05 Å². The minimum atomic E-state index is 0.700. The Balaban J connectivity index is 2.72. The van der Waals surface area contributed by atoms with Gasteiger partial charge >= 0.3 is 0 Å². The summed E-state index contributed by atoms with van der Waals surface area (Å²) in [6.45, 7) is 0. The molecule has 0 atom stereocenters. The fraction of sp³-hybridized carbons (Fsp3) is 0.250. The topological polar surface area (TPSA) is 39.9 Å². The third kappa shape index (κ3) is 1.39. The van der Waals surface area contributed by atoms with Gasteiger partial charge in [-0.15, -0.1) is 0 Å². The van der Waals surface area contributed by atoms with Crippen LogP contribution in [0, 0.1) is 0 Å².